The van der Waals surface area contributed by atoms with E-state index in [2.05, 4.69) is 11.8 Å². The van der Waals surface area contributed by atoms with Crippen LogP contribution in [0.3, 0.4) is 0 Å². The molecule has 1 nitrogen and oxygen atoms in total. The van der Waals surface area contributed by atoms with Crippen LogP contribution in [0, 0.1) is 5.92 Å². The van der Waals surface area contributed by atoms with Gasteiger partial charge in [-0.2, -0.15) is 0 Å². The van der Waals surface area contributed by atoms with Crippen molar-refractivity contribution in [1.82, 2.24) is 4.90 Å². The van der Waals surface area contributed by atoms with Gasteiger partial charge in [0.1, 0.15) is 0 Å². The largest absolute Gasteiger partial charge is 0.302 e. The highest BCUT2D eigenvalue weighted by Crippen LogP contribution is 2.13. The zero-order valence-corrected chi connectivity index (χ0v) is 6.69. The second-order valence-corrected chi connectivity index (χ2v) is 3.26. The van der Waals surface area contributed by atoms with Crippen molar-refractivity contribution in [2.75, 3.05) is 25.5 Å². The van der Waals surface area contributed by atoms with Gasteiger partial charge in [-0.3, -0.25) is 0 Å². The van der Waals surface area contributed by atoms with Crippen LogP contribution in [0.2, 0.25) is 0 Å². The smallest absolute Gasteiger partial charge is 0.0351 e. The fourth-order valence-corrected chi connectivity index (χ4v) is 1.59. The van der Waals surface area contributed by atoms with Crippen LogP contribution in [-0.2, 0) is 0 Å². The number of hydrogen-bond acceptors (Lipinski definition) is 1. The van der Waals surface area contributed by atoms with E-state index in [4.69, 9.17) is 11.6 Å². The molecule has 0 N–H and O–H groups in total. The molecular weight excluding hydrogens is 134 g/mol. The number of alkyl halides is 1. The Kier molecular flexibility index (Phi) is 2.80. The highest BCUT2D eigenvalue weighted by atomic mass is 35.5. The van der Waals surface area contributed by atoms with Gasteiger partial charge in [0.2, 0.25) is 0 Å². The maximum absolute atomic E-state index is 5.59. The number of nitrogens with zero attached hydrogens (tertiary/aromatic N) is 1. The molecule has 1 aliphatic rings. The molecule has 0 saturated carbocycles. The summed E-state index contributed by atoms with van der Waals surface area (Å²) in [6.07, 6.45) is 1.36. The van der Waals surface area contributed by atoms with E-state index in [9.17, 15) is 0 Å². The Labute approximate surface area is 62.0 Å². The molecule has 1 fully saturated rings. The SMILES string of the molecule is C[C@@H]1CCN(CCCl)C1. The number of likely N-dealkylation sites (tertiary alicyclic amines) is 1. The van der Waals surface area contributed by atoms with Gasteiger partial charge in [-0.05, 0) is 18.9 Å². The van der Waals surface area contributed by atoms with Crippen molar-refractivity contribution in [3.8, 4) is 0 Å². The average Bonchev–Trinajstić information content (AvgIpc) is 2.17. The van der Waals surface area contributed by atoms with Crippen LogP contribution in [-0.4, -0.2) is 30.4 Å². The molecule has 1 rings (SSSR count). The lowest BCUT2D eigenvalue weighted by molar-refractivity contribution is 0.348. The molecule has 0 spiro atoms. The van der Waals surface area contributed by atoms with Crippen LogP contribution in [0.4, 0.5) is 0 Å². The fourth-order valence-electron chi connectivity index (χ4n) is 1.35. The molecule has 0 aromatic carbocycles. The van der Waals surface area contributed by atoms with Crippen molar-refractivity contribution in [1.29, 1.82) is 0 Å². The molecule has 0 unspecified atom stereocenters. The predicted octanol–water partition coefficient (Wildman–Crippen LogP) is 1.57. The minimum atomic E-state index is 0.784. The second kappa shape index (κ2) is 3.43. The van der Waals surface area contributed by atoms with Crippen molar-refractivity contribution in [3.05, 3.63) is 0 Å². The third-order valence-electron chi connectivity index (χ3n) is 1.91. The zero-order valence-electron chi connectivity index (χ0n) is 5.94. The fraction of sp³-hybridized carbons (Fsp3) is 1.00. The summed E-state index contributed by atoms with van der Waals surface area (Å²) in [5.41, 5.74) is 0. The van der Waals surface area contributed by atoms with Gasteiger partial charge in [-0.25, -0.2) is 0 Å². The van der Waals surface area contributed by atoms with E-state index < -0.39 is 0 Å². The second-order valence-electron chi connectivity index (χ2n) is 2.88. The molecule has 9 heavy (non-hydrogen) atoms. The van der Waals surface area contributed by atoms with Crippen molar-refractivity contribution < 1.29 is 0 Å². The van der Waals surface area contributed by atoms with Gasteiger partial charge in [0.15, 0.2) is 0 Å². The Morgan fingerprint density at radius 3 is 2.89 bits per heavy atom. The third-order valence-corrected chi connectivity index (χ3v) is 2.08. The van der Waals surface area contributed by atoms with Crippen LogP contribution in [0.15, 0.2) is 0 Å². The average molecular weight is 148 g/mol. The van der Waals surface area contributed by atoms with Crippen molar-refractivity contribution in [2.45, 2.75) is 13.3 Å². The van der Waals surface area contributed by atoms with Crippen molar-refractivity contribution >= 4 is 11.6 Å². The lowest BCUT2D eigenvalue weighted by Crippen LogP contribution is -2.22. The molecule has 54 valence electrons. The first-order chi connectivity index (χ1) is 4.33. The summed E-state index contributed by atoms with van der Waals surface area (Å²) in [5.74, 6) is 1.68. The predicted molar refractivity (Wildman–Crippen MR) is 40.9 cm³/mol. The van der Waals surface area contributed by atoms with E-state index in [1.165, 1.54) is 19.5 Å². The summed E-state index contributed by atoms with van der Waals surface area (Å²) in [5, 5.41) is 0. The van der Waals surface area contributed by atoms with Crippen LogP contribution in [0.25, 0.3) is 0 Å². The van der Waals surface area contributed by atoms with E-state index in [0.717, 1.165) is 18.3 Å². The van der Waals surface area contributed by atoms with E-state index in [0.29, 0.717) is 0 Å². The highest BCUT2D eigenvalue weighted by Gasteiger charge is 2.16. The molecular formula is C7H14ClN. The van der Waals surface area contributed by atoms with Gasteiger partial charge in [0.25, 0.3) is 0 Å². The standard InChI is InChI=1S/C7H14ClN/c1-7-2-4-9(6-7)5-3-8/h7H,2-6H2,1H3/t7-/m1/s1. The summed E-state index contributed by atoms with van der Waals surface area (Å²) in [6, 6.07) is 0. The van der Waals surface area contributed by atoms with Crippen molar-refractivity contribution in [3.63, 3.8) is 0 Å². The summed E-state index contributed by atoms with van der Waals surface area (Å²) < 4.78 is 0. The summed E-state index contributed by atoms with van der Waals surface area (Å²) >= 11 is 5.59. The Hall–Kier alpha value is 0.250. The lowest BCUT2D eigenvalue weighted by atomic mass is 10.2. The quantitative estimate of drug-likeness (QED) is 0.536. The molecule has 0 aromatic rings. The van der Waals surface area contributed by atoms with E-state index in [-0.39, 0.29) is 0 Å². The Balaban J connectivity index is 2.14. The van der Waals surface area contributed by atoms with Gasteiger partial charge in [0, 0.05) is 19.0 Å². The maximum atomic E-state index is 5.59. The normalized spacial score (nSPS) is 29.3. The maximum Gasteiger partial charge on any atom is 0.0351 e. The first-order valence-electron chi connectivity index (χ1n) is 3.61. The van der Waals surface area contributed by atoms with Crippen LogP contribution in [0.1, 0.15) is 13.3 Å². The van der Waals surface area contributed by atoms with Crippen molar-refractivity contribution in [2.24, 2.45) is 5.92 Å². The topological polar surface area (TPSA) is 3.24 Å². The van der Waals surface area contributed by atoms with Crippen LogP contribution < -0.4 is 0 Å². The molecule has 0 aliphatic carbocycles. The Morgan fingerprint density at radius 1 is 1.67 bits per heavy atom. The van der Waals surface area contributed by atoms with E-state index in [1.54, 1.807) is 0 Å². The van der Waals surface area contributed by atoms with Gasteiger partial charge in [0.05, 0.1) is 0 Å². The molecule has 1 heterocycles. The first-order valence-corrected chi connectivity index (χ1v) is 4.14. The molecule has 1 saturated heterocycles. The molecule has 1 atom stereocenters. The molecule has 2 heteroatoms. The minimum Gasteiger partial charge on any atom is -0.302 e. The summed E-state index contributed by atoms with van der Waals surface area (Å²) in [7, 11) is 0. The third kappa shape index (κ3) is 2.15. The zero-order chi connectivity index (χ0) is 6.69. The van der Waals surface area contributed by atoms with Gasteiger partial charge >= 0.3 is 0 Å². The number of rotatable bonds is 2. The molecule has 0 bridgehead atoms. The summed E-state index contributed by atoms with van der Waals surface area (Å²) in [4.78, 5) is 2.43. The van der Waals surface area contributed by atoms with Gasteiger partial charge < -0.3 is 4.90 Å². The van der Waals surface area contributed by atoms with Gasteiger partial charge in [-0.1, -0.05) is 6.92 Å². The van der Waals surface area contributed by atoms with E-state index in [1.807, 2.05) is 0 Å². The van der Waals surface area contributed by atoms with E-state index >= 15 is 0 Å². The summed E-state index contributed by atoms with van der Waals surface area (Å²) in [6.45, 7) is 5.89. The minimum absolute atomic E-state index is 0.784. The molecule has 0 radical (unpaired) electrons. The first kappa shape index (κ1) is 7.36. The molecule has 0 aromatic heterocycles. The van der Waals surface area contributed by atoms with Crippen LogP contribution >= 0.6 is 11.6 Å². The molecule has 1 aliphatic heterocycles. The number of hydrogen-bond donors (Lipinski definition) is 0. The van der Waals surface area contributed by atoms with Crippen LogP contribution in [0.5, 0.6) is 0 Å². The Bertz CT molecular complexity index is 83.0. The molecule has 0 amide bonds. The highest BCUT2D eigenvalue weighted by molar-refractivity contribution is 6.18. The monoisotopic (exact) mass is 147 g/mol. The lowest BCUT2D eigenvalue weighted by Gasteiger charge is -2.11. The Morgan fingerprint density at radius 2 is 2.44 bits per heavy atom. The van der Waals surface area contributed by atoms with Gasteiger partial charge in [-0.15, -0.1) is 11.6 Å². The number of halogens is 1.